The van der Waals surface area contributed by atoms with Gasteiger partial charge in [0.15, 0.2) is 28.8 Å². The molecule has 8 heteroatoms. The number of fused-ring (bicyclic) bond motifs is 2. The number of methoxy groups -OCH3 is 1. The second-order valence-corrected chi connectivity index (χ2v) is 5.33. The number of benzene rings is 2. The molecule has 0 fully saturated rings. The Hall–Kier alpha value is -3.55. The summed E-state index contributed by atoms with van der Waals surface area (Å²) in [5.41, 5.74) is -0.566. The van der Waals surface area contributed by atoms with Gasteiger partial charge in [0, 0.05) is 11.6 Å². The van der Waals surface area contributed by atoms with Crippen molar-refractivity contribution in [3.8, 4) is 45.8 Å². The molecule has 0 aliphatic carbocycles. The van der Waals surface area contributed by atoms with Gasteiger partial charge in [-0.2, -0.15) is 0 Å². The van der Waals surface area contributed by atoms with Crippen LogP contribution in [0.5, 0.6) is 34.5 Å². The van der Waals surface area contributed by atoms with Crippen molar-refractivity contribution in [2.45, 2.75) is 0 Å². The van der Waals surface area contributed by atoms with Gasteiger partial charge in [0.05, 0.1) is 7.11 Å². The van der Waals surface area contributed by atoms with Crippen LogP contribution in [-0.2, 0) is 0 Å². The Kier molecular flexibility index (Phi) is 3.14. The molecular weight excluding hydrogens is 332 g/mol. The predicted molar refractivity (Wildman–Crippen MR) is 85.6 cm³/mol. The molecule has 4 rings (SSSR count). The van der Waals surface area contributed by atoms with E-state index < -0.39 is 16.9 Å². The van der Waals surface area contributed by atoms with Gasteiger partial charge in [-0.3, -0.25) is 4.79 Å². The van der Waals surface area contributed by atoms with Crippen molar-refractivity contribution in [1.82, 2.24) is 0 Å². The first-order chi connectivity index (χ1) is 12.0. The van der Waals surface area contributed by atoms with Gasteiger partial charge in [0.1, 0.15) is 11.0 Å². The number of aromatic hydroxyl groups is 3. The van der Waals surface area contributed by atoms with E-state index in [0.717, 1.165) is 0 Å². The summed E-state index contributed by atoms with van der Waals surface area (Å²) in [6.07, 6.45) is 0. The highest BCUT2D eigenvalue weighted by atomic mass is 16.7. The maximum absolute atomic E-state index is 12.5. The van der Waals surface area contributed by atoms with Crippen LogP contribution >= 0.6 is 0 Å². The molecule has 0 bridgehead atoms. The van der Waals surface area contributed by atoms with Crippen LogP contribution in [0.15, 0.2) is 33.5 Å². The van der Waals surface area contributed by atoms with Crippen LogP contribution in [0.1, 0.15) is 0 Å². The summed E-state index contributed by atoms with van der Waals surface area (Å²) in [4.78, 5) is 12.5. The zero-order valence-electron chi connectivity index (χ0n) is 12.9. The summed E-state index contributed by atoms with van der Waals surface area (Å²) < 4.78 is 20.9. The quantitative estimate of drug-likeness (QED) is 0.648. The van der Waals surface area contributed by atoms with E-state index in [1.54, 1.807) is 0 Å². The van der Waals surface area contributed by atoms with Gasteiger partial charge >= 0.3 is 0 Å². The number of phenols is 2. The van der Waals surface area contributed by atoms with Gasteiger partial charge in [0.2, 0.25) is 23.7 Å². The monoisotopic (exact) mass is 344 g/mol. The Bertz CT molecular complexity index is 1070. The van der Waals surface area contributed by atoms with Gasteiger partial charge < -0.3 is 33.9 Å². The van der Waals surface area contributed by atoms with E-state index in [9.17, 15) is 20.1 Å². The van der Waals surface area contributed by atoms with Crippen LogP contribution in [0, 0.1) is 0 Å². The number of hydrogen-bond acceptors (Lipinski definition) is 8. The lowest BCUT2D eigenvalue weighted by molar-refractivity contribution is 0.171. The van der Waals surface area contributed by atoms with Crippen molar-refractivity contribution in [3.05, 3.63) is 34.5 Å². The zero-order chi connectivity index (χ0) is 17.7. The second kappa shape index (κ2) is 5.23. The molecule has 1 aromatic heterocycles. The molecule has 2 heterocycles. The van der Waals surface area contributed by atoms with Crippen LogP contribution in [0.3, 0.4) is 0 Å². The van der Waals surface area contributed by atoms with E-state index in [-0.39, 0.29) is 52.1 Å². The number of phenolic OH excluding ortho intramolecular Hbond substituents is 2. The molecule has 1 aliphatic heterocycles. The fraction of sp³-hybridized carbons (Fsp3) is 0.118. The summed E-state index contributed by atoms with van der Waals surface area (Å²) in [7, 11) is 1.40. The highest BCUT2D eigenvalue weighted by molar-refractivity contribution is 5.91. The Morgan fingerprint density at radius 1 is 1.08 bits per heavy atom. The Morgan fingerprint density at radius 3 is 2.60 bits per heavy atom. The summed E-state index contributed by atoms with van der Waals surface area (Å²) in [6.45, 7) is -0.0986. The van der Waals surface area contributed by atoms with Gasteiger partial charge in [-0.15, -0.1) is 0 Å². The SMILES string of the molecule is COc1ccc(-c2oc3cc4c(c(O)c3c(=O)c2O)OCO4)cc1O. The third-order valence-corrected chi connectivity index (χ3v) is 3.91. The van der Waals surface area contributed by atoms with Gasteiger partial charge in [-0.25, -0.2) is 0 Å². The Balaban J connectivity index is 2.00. The summed E-state index contributed by atoms with van der Waals surface area (Å²) in [5.74, 6) is -1.03. The lowest BCUT2D eigenvalue weighted by atomic mass is 10.1. The molecule has 3 N–H and O–H groups in total. The van der Waals surface area contributed by atoms with Crippen LogP contribution in [0.2, 0.25) is 0 Å². The first-order valence-corrected chi connectivity index (χ1v) is 7.20. The highest BCUT2D eigenvalue weighted by Crippen LogP contribution is 2.46. The van der Waals surface area contributed by atoms with E-state index in [0.29, 0.717) is 0 Å². The molecule has 3 aromatic rings. The van der Waals surface area contributed by atoms with Crippen LogP contribution in [0.25, 0.3) is 22.3 Å². The normalized spacial score (nSPS) is 12.5. The Morgan fingerprint density at radius 2 is 1.88 bits per heavy atom. The van der Waals surface area contributed by atoms with Crippen molar-refractivity contribution in [1.29, 1.82) is 0 Å². The average molecular weight is 344 g/mol. The fourth-order valence-corrected chi connectivity index (χ4v) is 2.71. The van der Waals surface area contributed by atoms with Gasteiger partial charge in [0.25, 0.3) is 0 Å². The zero-order valence-corrected chi connectivity index (χ0v) is 12.9. The lowest BCUT2D eigenvalue weighted by Crippen LogP contribution is -2.03. The Labute approximate surface area is 140 Å². The first-order valence-electron chi connectivity index (χ1n) is 7.20. The minimum atomic E-state index is -0.831. The van der Waals surface area contributed by atoms with Crippen LogP contribution in [0.4, 0.5) is 0 Å². The molecule has 25 heavy (non-hydrogen) atoms. The molecule has 128 valence electrons. The first kappa shape index (κ1) is 15.0. The number of rotatable bonds is 2. The molecule has 0 spiro atoms. The van der Waals surface area contributed by atoms with Crippen LogP contribution < -0.4 is 19.6 Å². The molecule has 0 saturated heterocycles. The molecule has 1 aliphatic rings. The molecule has 2 aromatic carbocycles. The summed E-state index contributed by atoms with van der Waals surface area (Å²) >= 11 is 0. The van der Waals surface area contributed by atoms with Gasteiger partial charge in [-0.1, -0.05) is 0 Å². The molecule has 0 saturated carbocycles. The second-order valence-electron chi connectivity index (χ2n) is 5.33. The van der Waals surface area contributed by atoms with E-state index in [4.69, 9.17) is 18.6 Å². The summed E-state index contributed by atoms with van der Waals surface area (Å²) in [6, 6.07) is 5.65. The largest absolute Gasteiger partial charge is 0.504 e. The maximum atomic E-state index is 12.5. The average Bonchev–Trinajstić information content (AvgIpc) is 3.06. The molecular formula is C17H12O8. The smallest absolute Gasteiger partial charge is 0.238 e. The van der Waals surface area contributed by atoms with E-state index in [2.05, 4.69) is 0 Å². The standard InChI is InChI=1S/C17H12O8/c1-22-9-3-2-7(4-8(9)18)16-15(21)13(19)12-10(25-16)5-11-17(14(12)20)24-6-23-11/h2-5,18,20-21H,6H2,1H3. The van der Waals surface area contributed by atoms with Crippen molar-refractivity contribution in [2.75, 3.05) is 13.9 Å². The predicted octanol–water partition coefficient (Wildman–Crippen LogP) is 2.31. The fourth-order valence-electron chi connectivity index (χ4n) is 2.71. The number of ether oxygens (including phenoxy) is 3. The van der Waals surface area contributed by atoms with Crippen molar-refractivity contribution in [3.63, 3.8) is 0 Å². The van der Waals surface area contributed by atoms with E-state index in [1.807, 2.05) is 0 Å². The number of hydrogen-bond donors (Lipinski definition) is 3. The molecule has 0 atom stereocenters. The molecule has 0 radical (unpaired) electrons. The van der Waals surface area contributed by atoms with E-state index >= 15 is 0 Å². The third kappa shape index (κ3) is 2.11. The van der Waals surface area contributed by atoms with Crippen LogP contribution in [-0.4, -0.2) is 29.2 Å². The highest BCUT2D eigenvalue weighted by Gasteiger charge is 2.26. The van der Waals surface area contributed by atoms with Gasteiger partial charge in [-0.05, 0) is 18.2 Å². The molecule has 8 nitrogen and oxygen atoms in total. The molecule has 0 unspecified atom stereocenters. The van der Waals surface area contributed by atoms with Crippen molar-refractivity contribution in [2.24, 2.45) is 0 Å². The maximum Gasteiger partial charge on any atom is 0.238 e. The summed E-state index contributed by atoms with van der Waals surface area (Å²) in [5, 5.41) is 30.1. The van der Waals surface area contributed by atoms with Crippen molar-refractivity contribution >= 4 is 11.0 Å². The van der Waals surface area contributed by atoms with Crippen molar-refractivity contribution < 1.29 is 33.9 Å². The lowest BCUT2D eigenvalue weighted by Gasteiger charge is -2.10. The third-order valence-electron chi connectivity index (χ3n) is 3.91. The topological polar surface area (TPSA) is 119 Å². The minimum absolute atomic E-state index is 0.00913. The molecule has 0 amide bonds. The minimum Gasteiger partial charge on any atom is -0.504 e. The van der Waals surface area contributed by atoms with E-state index in [1.165, 1.54) is 31.4 Å².